The molecule has 2 aromatic rings. The van der Waals surface area contributed by atoms with Gasteiger partial charge in [0.1, 0.15) is 4.21 Å². The smallest absolute Gasteiger partial charge is 0.304 e. The fourth-order valence-corrected chi connectivity index (χ4v) is 2.43. The minimum atomic E-state index is -3.94. The molecule has 5 N–H and O–H groups in total. The van der Waals surface area contributed by atoms with E-state index in [1.54, 1.807) is 17.6 Å². The summed E-state index contributed by atoms with van der Waals surface area (Å²) in [7, 11) is -3.94. The lowest BCUT2D eigenvalue weighted by Crippen LogP contribution is -2.22. The molecular weight excluding hydrogens is 300 g/mol. The number of nitrogens with two attached hydrogens (primary N) is 2. The van der Waals surface area contributed by atoms with Crippen molar-refractivity contribution in [1.29, 1.82) is 0 Å². The number of nitrogens with zero attached hydrogens (tertiary/aromatic N) is 2. The van der Waals surface area contributed by atoms with Crippen molar-refractivity contribution in [3.05, 3.63) is 47.6 Å². The number of pyridine rings is 1. The molecule has 0 aliphatic carbocycles. The van der Waals surface area contributed by atoms with Crippen LogP contribution in [-0.2, 0) is 16.7 Å². The summed E-state index contributed by atoms with van der Waals surface area (Å²) < 4.78 is 28.9. The maximum absolute atomic E-state index is 10.3. The molecule has 0 aliphatic heterocycles. The van der Waals surface area contributed by atoms with Crippen LogP contribution < -0.4 is 11.5 Å². The Morgan fingerprint density at radius 2 is 2.05 bits per heavy atom. The maximum Gasteiger partial charge on any atom is 0.304 e. The molecule has 0 bridgehead atoms. The summed E-state index contributed by atoms with van der Waals surface area (Å²) in [4.78, 5) is 7.84. The van der Waals surface area contributed by atoms with Crippen LogP contribution in [0.3, 0.4) is 0 Å². The summed E-state index contributed by atoms with van der Waals surface area (Å²) in [5, 5.41) is 1.59. The van der Waals surface area contributed by atoms with Crippen LogP contribution >= 0.6 is 11.3 Å². The molecule has 0 spiro atoms. The first-order valence-corrected chi connectivity index (χ1v) is 7.68. The van der Waals surface area contributed by atoms with Gasteiger partial charge in [-0.2, -0.15) is 8.42 Å². The van der Waals surface area contributed by atoms with Gasteiger partial charge in [-0.3, -0.25) is 9.54 Å². The second-order valence-electron chi connectivity index (χ2n) is 3.47. The molecule has 2 rings (SSSR count). The van der Waals surface area contributed by atoms with Crippen LogP contribution in [0.1, 0.15) is 5.69 Å². The SMILES string of the molecule is NC(N)=NCc1ccccn1.O=S(=O)(O)c1cccs1. The Balaban J connectivity index is 0.000000204. The van der Waals surface area contributed by atoms with Crippen LogP contribution in [0.15, 0.2) is 51.1 Å². The van der Waals surface area contributed by atoms with Gasteiger partial charge in [-0.15, -0.1) is 11.3 Å². The number of aromatic nitrogens is 1. The van der Waals surface area contributed by atoms with E-state index in [0.717, 1.165) is 17.0 Å². The van der Waals surface area contributed by atoms with E-state index < -0.39 is 10.1 Å². The summed E-state index contributed by atoms with van der Waals surface area (Å²) in [5.74, 6) is 0.0932. The number of hydrogen-bond acceptors (Lipinski definition) is 5. The third-order valence-corrected chi connectivity index (χ3v) is 4.13. The maximum atomic E-state index is 10.3. The lowest BCUT2D eigenvalue weighted by molar-refractivity contribution is 0.485. The Labute approximate surface area is 120 Å². The molecule has 0 fully saturated rings. The Morgan fingerprint density at radius 3 is 2.45 bits per heavy atom. The van der Waals surface area contributed by atoms with Gasteiger partial charge >= 0.3 is 10.1 Å². The molecule has 0 aromatic carbocycles. The molecule has 0 saturated carbocycles. The van der Waals surface area contributed by atoms with Crippen molar-refractivity contribution in [2.75, 3.05) is 0 Å². The molecule has 7 nitrogen and oxygen atoms in total. The summed E-state index contributed by atoms with van der Waals surface area (Å²) >= 11 is 0.992. The number of hydrogen-bond donors (Lipinski definition) is 3. The van der Waals surface area contributed by atoms with Gasteiger partial charge in [0.25, 0.3) is 0 Å². The van der Waals surface area contributed by atoms with E-state index in [1.165, 1.54) is 6.07 Å². The zero-order valence-corrected chi connectivity index (χ0v) is 12.0. The summed E-state index contributed by atoms with van der Waals surface area (Å²) in [5.41, 5.74) is 11.1. The van der Waals surface area contributed by atoms with Gasteiger partial charge in [0.15, 0.2) is 5.96 Å². The Morgan fingerprint density at radius 1 is 1.30 bits per heavy atom. The van der Waals surface area contributed by atoms with Crippen molar-refractivity contribution in [1.82, 2.24) is 4.98 Å². The topological polar surface area (TPSA) is 132 Å². The molecule has 0 unspecified atom stereocenters. The van der Waals surface area contributed by atoms with E-state index in [9.17, 15) is 8.42 Å². The summed E-state index contributed by atoms with van der Waals surface area (Å²) in [6, 6.07) is 8.52. The van der Waals surface area contributed by atoms with Gasteiger partial charge in [0.2, 0.25) is 0 Å². The van der Waals surface area contributed by atoms with Crippen molar-refractivity contribution < 1.29 is 13.0 Å². The van der Waals surface area contributed by atoms with Crippen molar-refractivity contribution >= 4 is 27.4 Å². The fourth-order valence-electron chi connectivity index (χ4n) is 1.07. The monoisotopic (exact) mass is 314 g/mol. The first-order chi connectivity index (χ1) is 9.39. The van der Waals surface area contributed by atoms with Gasteiger partial charge in [0, 0.05) is 6.20 Å². The lowest BCUT2D eigenvalue weighted by atomic mass is 10.3. The predicted molar refractivity (Wildman–Crippen MR) is 77.9 cm³/mol. The molecule has 20 heavy (non-hydrogen) atoms. The minimum absolute atomic E-state index is 0.0116. The van der Waals surface area contributed by atoms with Gasteiger partial charge in [-0.25, -0.2) is 4.99 Å². The van der Waals surface area contributed by atoms with Crippen molar-refractivity contribution in [2.45, 2.75) is 10.8 Å². The number of thiophene rings is 1. The predicted octanol–water partition coefficient (Wildman–Crippen LogP) is 0.850. The van der Waals surface area contributed by atoms with E-state index in [-0.39, 0.29) is 10.2 Å². The highest BCUT2D eigenvalue weighted by molar-refractivity contribution is 7.88. The molecule has 108 valence electrons. The Bertz CT molecular complexity index is 636. The van der Waals surface area contributed by atoms with Crippen LogP contribution in [0, 0.1) is 0 Å². The molecule has 9 heteroatoms. The highest BCUT2D eigenvalue weighted by atomic mass is 32.3. The highest BCUT2D eigenvalue weighted by Gasteiger charge is 2.08. The summed E-state index contributed by atoms with van der Waals surface area (Å²) in [6.07, 6.45) is 1.71. The number of guanidine groups is 1. The van der Waals surface area contributed by atoms with Crippen molar-refractivity contribution in [2.24, 2.45) is 16.5 Å². The fraction of sp³-hybridized carbons (Fsp3) is 0.0909. The van der Waals surface area contributed by atoms with E-state index in [4.69, 9.17) is 16.0 Å². The third kappa shape index (κ3) is 6.27. The van der Waals surface area contributed by atoms with E-state index >= 15 is 0 Å². The third-order valence-electron chi connectivity index (χ3n) is 1.90. The average Bonchev–Trinajstić information content (AvgIpc) is 2.92. The molecular formula is C11H14N4O3S2. The Kier molecular flexibility index (Phi) is 6.10. The first-order valence-electron chi connectivity index (χ1n) is 5.36. The zero-order valence-electron chi connectivity index (χ0n) is 10.4. The highest BCUT2D eigenvalue weighted by Crippen LogP contribution is 2.14. The van der Waals surface area contributed by atoms with Gasteiger partial charge in [-0.1, -0.05) is 12.1 Å². The number of aliphatic imine (C=N–C) groups is 1. The van der Waals surface area contributed by atoms with Crippen LogP contribution in [0.5, 0.6) is 0 Å². The minimum Gasteiger partial charge on any atom is -0.370 e. The van der Waals surface area contributed by atoms with E-state index in [2.05, 4.69) is 9.98 Å². The van der Waals surface area contributed by atoms with E-state index in [1.807, 2.05) is 18.2 Å². The van der Waals surface area contributed by atoms with E-state index in [0.29, 0.717) is 6.54 Å². The van der Waals surface area contributed by atoms with Gasteiger partial charge in [-0.05, 0) is 23.6 Å². The van der Waals surface area contributed by atoms with Gasteiger partial charge < -0.3 is 11.5 Å². The van der Waals surface area contributed by atoms with Crippen LogP contribution in [-0.4, -0.2) is 23.9 Å². The molecule has 0 saturated heterocycles. The van der Waals surface area contributed by atoms with Gasteiger partial charge in [0.05, 0.1) is 12.2 Å². The molecule has 2 aromatic heterocycles. The largest absolute Gasteiger partial charge is 0.370 e. The standard InChI is InChI=1S/C7H10N4.C4H4O3S2/c8-7(9)11-5-6-3-1-2-4-10-6;5-9(6,7)4-2-1-3-8-4/h1-4H,5H2,(H4,8,9,11);1-3H,(H,5,6,7). The average molecular weight is 314 g/mol. The van der Waals surface area contributed by atoms with Crippen LogP contribution in [0.25, 0.3) is 0 Å². The van der Waals surface area contributed by atoms with Crippen LogP contribution in [0.4, 0.5) is 0 Å². The second kappa shape index (κ2) is 7.58. The Hall–Kier alpha value is -1.97. The first kappa shape index (κ1) is 16.1. The quantitative estimate of drug-likeness (QED) is 0.437. The molecule has 0 atom stereocenters. The lowest BCUT2D eigenvalue weighted by Gasteiger charge is -1.93. The molecule has 2 heterocycles. The zero-order chi connectivity index (χ0) is 15.0. The summed E-state index contributed by atoms with van der Waals surface area (Å²) in [6.45, 7) is 0.448. The molecule has 0 amide bonds. The molecule has 0 aliphatic rings. The second-order valence-corrected chi connectivity index (χ2v) is 6.07. The van der Waals surface area contributed by atoms with Crippen LogP contribution in [0.2, 0.25) is 0 Å². The van der Waals surface area contributed by atoms with Crippen molar-refractivity contribution in [3.8, 4) is 0 Å². The van der Waals surface area contributed by atoms with Crippen molar-refractivity contribution in [3.63, 3.8) is 0 Å². The normalized spacial score (nSPS) is 10.2. The number of rotatable bonds is 3. The molecule has 0 radical (unpaired) electrons.